The molecule has 16 heavy (non-hydrogen) atoms. The summed E-state index contributed by atoms with van der Waals surface area (Å²) in [6.07, 6.45) is 4.12. The molecule has 1 aliphatic rings. The van der Waals surface area contributed by atoms with Gasteiger partial charge in [0.1, 0.15) is 0 Å². The minimum atomic E-state index is 0.199. The molecule has 0 unspecified atom stereocenters. The Kier molecular flexibility index (Phi) is 6.11. The smallest absolute Gasteiger partial charge is 0.222 e. The van der Waals surface area contributed by atoms with Crippen LogP contribution in [0.5, 0.6) is 0 Å². The molecule has 1 N–H and O–H groups in total. The predicted molar refractivity (Wildman–Crippen MR) is 64.2 cm³/mol. The van der Waals surface area contributed by atoms with Gasteiger partial charge < -0.3 is 10.0 Å². The number of allylic oxidation sites excluding steroid dienone is 1. The monoisotopic (exact) mass is 226 g/mol. The minimum absolute atomic E-state index is 0.199. The number of nitrogens with zero attached hydrogens (tertiary/aromatic N) is 2. The predicted octanol–water partition coefficient (Wildman–Crippen LogP) is 0.479. The third-order valence-electron chi connectivity index (χ3n) is 2.92. The van der Waals surface area contributed by atoms with Crippen molar-refractivity contribution in [2.45, 2.75) is 19.3 Å². The van der Waals surface area contributed by atoms with Gasteiger partial charge in [0.15, 0.2) is 0 Å². The van der Waals surface area contributed by atoms with Gasteiger partial charge in [-0.3, -0.25) is 9.69 Å². The fraction of sp³-hybridized carbons (Fsp3) is 0.750. The zero-order valence-electron chi connectivity index (χ0n) is 9.90. The lowest BCUT2D eigenvalue weighted by atomic mass is 10.2. The topological polar surface area (TPSA) is 43.8 Å². The van der Waals surface area contributed by atoms with E-state index in [2.05, 4.69) is 11.5 Å². The van der Waals surface area contributed by atoms with Gasteiger partial charge in [-0.25, -0.2) is 0 Å². The Bertz CT molecular complexity index is 231. The second-order valence-electron chi connectivity index (χ2n) is 4.13. The van der Waals surface area contributed by atoms with E-state index in [4.69, 9.17) is 5.11 Å². The second kappa shape index (κ2) is 7.41. The van der Waals surface area contributed by atoms with Gasteiger partial charge in [0, 0.05) is 32.6 Å². The molecule has 1 amide bonds. The average molecular weight is 226 g/mol. The Morgan fingerprint density at radius 1 is 1.31 bits per heavy atom. The summed E-state index contributed by atoms with van der Waals surface area (Å²) in [5, 5.41) is 8.87. The molecule has 4 nitrogen and oxygen atoms in total. The van der Waals surface area contributed by atoms with Crippen molar-refractivity contribution < 1.29 is 9.90 Å². The Balaban J connectivity index is 2.34. The molecular formula is C12H22N2O2. The minimum Gasteiger partial charge on any atom is -0.395 e. The molecule has 1 heterocycles. The molecule has 0 aromatic carbocycles. The molecule has 1 aliphatic heterocycles. The van der Waals surface area contributed by atoms with Crippen molar-refractivity contribution in [3.63, 3.8) is 0 Å². The van der Waals surface area contributed by atoms with Gasteiger partial charge in [-0.2, -0.15) is 0 Å². The summed E-state index contributed by atoms with van der Waals surface area (Å²) < 4.78 is 0. The first-order chi connectivity index (χ1) is 7.77. The fourth-order valence-electron chi connectivity index (χ4n) is 1.97. The number of carbonyl (C=O) groups is 1. The summed E-state index contributed by atoms with van der Waals surface area (Å²) in [5.41, 5.74) is 0. The molecule has 0 saturated carbocycles. The number of aliphatic hydroxyl groups excluding tert-OH is 1. The zero-order valence-corrected chi connectivity index (χ0v) is 9.90. The van der Waals surface area contributed by atoms with Gasteiger partial charge in [-0.15, -0.1) is 6.58 Å². The zero-order chi connectivity index (χ0) is 11.8. The highest BCUT2D eigenvalue weighted by atomic mass is 16.3. The van der Waals surface area contributed by atoms with Crippen molar-refractivity contribution in [1.82, 2.24) is 9.80 Å². The number of amides is 1. The van der Waals surface area contributed by atoms with Crippen LogP contribution in [0.15, 0.2) is 12.7 Å². The van der Waals surface area contributed by atoms with Crippen LogP contribution in [0.3, 0.4) is 0 Å². The molecule has 0 aromatic heterocycles. The first-order valence-corrected chi connectivity index (χ1v) is 6.00. The van der Waals surface area contributed by atoms with Crippen molar-refractivity contribution >= 4 is 5.91 Å². The molecule has 0 aromatic rings. The molecule has 0 atom stereocenters. The molecule has 1 fully saturated rings. The summed E-state index contributed by atoms with van der Waals surface area (Å²) >= 11 is 0. The molecule has 0 bridgehead atoms. The number of hydrogen-bond donors (Lipinski definition) is 1. The van der Waals surface area contributed by atoms with Crippen molar-refractivity contribution in [2.24, 2.45) is 0 Å². The third kappa shape index (κ3) is 4.33. The standard InChI is InChI=1S/C12H22N2O2/c1-2-3-5-12(16)14-7-4-6-13(8-9-14)10-11-15/h2,15H,1,3-11H2. The van der Waals surface area contributed by atoms with E-state index >= 15 is 0 Å². The van der Waals surface area contributed by atoms with E-state index in [1.165, 1.54) is 0 Å². The molecule has 0 spiro atoms. The van der Waals surface area contributed by atoms with Crippen LogP contribution in [0.25, 0.3) is 0 Å². The van der Waals surface area contributed by atoms with E-state index in [-0.39, 0.29) is 12.5 Å². The quantitative estimate of drug-likeness (QED) is 0.693. The van der Waals surface area contributed by atoms with Gasteiger partial charge >= 0.3 is 0 Å². The lowest BCUT2D eigenvalue weighted by Gasteiger charge is -2.21. The number of carbonyl (C=O) groups excluding carboxylic acids is 1. The van der Waals surface area contributed by atoms with E-state index in [0.29, 0.717) is 13.0 Å². The number of rotatable bonds is 5. The van der Waals surface area contributed by atoms with Gasteiger partial charge in [-0.1, -0.05) is 6.08 Å². The van der Waals surface area contributed by atoms with E-state index in [1.54, 1.807) is 6.08 Å². The Morgan fingerprint density at radius 3 is 2.81 bits per heavy atom. The molecule has 0 aliphatic carbocycles. The highest BCUT2D eigenvalue weighted by Crippen LogP contribution is 2.05. The van der Waals surface area contributed by atoms with E-state index in [0.717, 1.165) is 39.0 Å². The average Bonchev–Trinajstić information content (AvgIpc) is 2.52. The van der Waals surface area contributed by atoms with Gasteiger partial charge in [0.25, 0.3) is 0 Å². The molecule has 92 valence electrons. The van der Waals surface area contributed by atoms with E-state index in [9.17, 15) is 4.79 Å². The third-order valence-corrected chi connectivity index (χ3v) is 2.92. The van der Waals surface area contributed by atoms with Crippen LogP contribution in [0.1, 0.15) is 19.3 Å². The summed E-state index contributed by atoms with van der Waals surface area (Å²) in [5.74, 6) is 0.228. The first kappa shape index (κ1) is 13.2. The van der Waals surface area contributed by atoms with Crippen molar-refractivity contribution in [3.8, 4) is 0 Å². The van der Waals surface area contributed by atoms with Crippen LogP contribution < -0.4 is 0 Å². The Hall–Kier alpha value is -0.870. The maximum Gasteiger partial charge on any atom is 0.222 e. The van der Waals surface area contributed by atoms with Crippen molar-refractivity contribution in [3.05, 3.63) is 12.7 Å². The summed E-state index contributed by atoms with van der Waals surface area (Å²) in [6.45, 7) is 8.03. The van der Waals surface area contributed by atoms with Crippen LogP contribution in [-0.2, 0) is 4.79 Å². The van der Waals surface area contributed by atoms with Crippen LogP contribution in [0, 0.1) is 0 Å². The summed E-state index contributed by atoms with van der Waals surface area (Å²) in [4.78, 5) is 15.9. The summed E-state index contributed by atoms with van der Waals surface area (Å²) in [7, 11) is 0. The van der Waals surface area contributed by atoms with Crippen LogP contribution in [0.2, 0.25) is 0 Å². The largest absolute Gasteiger partial charge is 0.395 e. The fourth-order valence-corrected chi connectivity index (χ4v) is 1.97. The lowest BCUT2D eigenvalue weighted by molar-refractivity contribution is -0.131. The maximum atomic E-state index is 11.8. The lowest BCUT2D eigenvalue weighted by Crippen LogP contribution is -2.35. The first-order valence-electron chi connectivity index (χ1n) is 6.00. The summed E-state index contributed by atoms with van der Waals surface area (Å²) in [6, 6.07) is 0. The van der Waals surface area contributed by atoms with Crippen molar-refractivity contribution in [1.29, 1.82) is 0 Å². The van der Waals surface area contributed by atoms with E-state index < -0.39 is 0 Å². The number of aliphatic hydroxyl groups is 1. The van der Waals surface area contributed by atoms with Crippen LogP contribution >= 0.6 is 0 Å². The Morgan fingerprint density at radius 2 is 2.12 bits per heavy atom. The van der Waals surface area contributed by atoms with Crippen LogP contribution in [-0.4, -0.2) is 60.1 Å². The number of β-amino-alcohol motifs (C(OH)–C–C–N with tert-alkyl or cyclic N) is 1. The second-order valence-corrected chi connectivity index (χ2v) is 4.13. The van der Waals surface area contributed by atoms with Gasteiger partial charge in [0.05, 0.1) is 6.61 Å². The van der Waals surface area contributed by atoms with Crippen LogP contribution in [0.4, 0.5) is 0 Å². The normalized spacial score (nSPS) is 18.2. The maximum absolute atomic E-state index is 11.8. The number of hydrogen-bond acceptors (Lipinski definition) is 3. The van der Waals surface area contributed by atoms with Gasteiger partial charge in [-0.05, 0) is 19.4 Å². The molecule has 4 heteroatoms. The molecular weight excluding hydrogens is 204 g/mol. The highest BCUT2D eigenvalue weighted by molar-refractivity contribution is 5.76. The van der Waals surface area contributed by atoms with E-state index in [1.807, 2.05) is 4.90 Å². The molecule has 1 rings (SSSR count). The molecule has 0 radical (unpaired) electrons. The van der Waals surface area contributed by atoms with Gasteiger partial charge in [0.2, 0.25) is 5.91 Å². The highest BCUT2D eigenvalue weighted by Gasteiger charge is 2.17. The molecule has 1 saturated heterocycles. The Labute approximate surface area is 97.5 Å². The SMILES string of the molecule is C=CCCC(=O)N1CCCN(CCO)CC1. The van der Waals surface area contributed by atoms with Crippen molar-refractivity contribution in [2.75, 3.05) is 39.3 Å².